The van der Waals surface area contributed by atoms with E-state index in [0.717, 1.165) is 0 Å². The van der Waals surface area contributed by atoms with Crippen molar-refractivity contribution in [1.82, 2.24) is 4.98 Å². The summed E-state index contributed by atoms with van der Waals surface area (Å²) < 4.78 is 4.68. The zero-order chi connectivity index (χ0) is 15.1. The highest BCUT2D eigenvalue weighted by molar-refractivity contribution is 5.86. The fourth-order valence-corrected chi connectivity index (χ4v) is 1.38. The molecule has 1 rings (SSSR count). The Morgan fingerprint density at radius 3 is 2.95 bits per heavy atom. The fraction of sp³-hybridized carbons (Fsp3) is 0.273. The summed E-state index contributed by atoms with van der Waals surface area (Å²) in [6, 6.07) is 1.19. The van der Waals surface area contributed by atoms with E-state index >= 15 is 0 Å². The minimum atomic E-state index is -0.720. The number of pyridine rings is 1. The van der Waals surface area contributed by atoms with Crippen molar-refractivity contribution in [3.8, 4) is 0 Å². The van der Waals surface area contributed by atoms with E-state index in [1.54, 1.807) is 6.92 Å². The van der Waals surface area contributed by atoms with E-state index in [0.29, 0.717) is 0 Å². The Bertz CT molecular complexity index is 532. The Hall–Kier alpha value is -2.84. The van der Waals surface area contributed by atoms with Crippen molar-refractivity contribution in [2.45, 2.75) is 6.92 Å². The number of nitrogens with two attached hydrogens (primary N) is 1. The van der Waals surface area contributed by atoms with Crippen LogP contribution >= 0.6 is 0 Å². The minimum Gasteiger partial charge on any atom is -0.450 e. The number of nitrogen functional groups attached to an aromatic ring is 1. The van der Waals surface area contributed by atoms with Crippen LogP contribution in [0.2, 0.25) is 0 Å². The van der Waals surface area contributed by atoms with Gasteiger partial charge >= 0.3 is 11.8 Å². The van der Waals surface area contributed by atoms with Crippen LogP contribution in [0.25, 0.3) is 0 Å². The smallest absolute Gasteiger partial charge is 0.412 e. The fourth-order valence-electron chi connectivity index (χ4n) is 1.38. The molecule has 0 aliphatic heterocycles. The van der Waals surface area contributed by atoms with Crippen LogP contribution in [-0.4, -0.2) is 29.2 Å². The average Bonchev–Trinajstić information content (AvgIpc) is 2.35. The molecule has 0 spiro atoms. The summed E-state index contributed by atoms with van der Waals surface area (Å²) in [7, 11) is 0. The molecule has 1 aromatic rings. The van der Waals surface area contributed by atoms with Gasteiger partial charge in [-0.15, -0.1) is 6.58 Å². The van der Waals surface area contributed by atoms with Crippen LogP contribution in [0.5, 0.6) is 0 Å². The number of anilines is 3. The number of amides is 1. The lowest BCUT2D eigenvalue weighted by Crippen LogP contribution is -2.16. The van der Waals surface area contributed by atoms with Gasteiger partial charge < -0.3 is 15.8 Å². The third-order valence-corrected chi connectivity index (χ3v) is 2.12. The van der Waals surface area contributed by atoms with Crippen LogP contribution in [0.3, 0.4) is 0 Å². The SMILES string of the molecule is C=CCNc1nc(NC(=O)OCC)cc(N)c1[N+](=O)[O-]. The van der Waals surface area contributed by atoms with Crippen LogP contribution in [0.15, 0.2) is 18.7 Å². The molecule has 0 radical (unpaired) electrons. The van der Waals surface area contributed by atoms with Crippen molar-refractivity contribution in [3.05, 3.63) is 28.8 Å². The molecule has 0 fully saturated rings. The number of carbonyl (C=O) groups excluding carboxylic acids is 1. The quantitative estimate of drug-likeness (QED) is 0.411. The second-order valence-corrected chi connectivity index (χ2v) is 3.57. The van der Waals surface area contributed by atoms with E-state index < -0.39 is 11.0 Å². The molecule has 0 unspecified atom stereocenters. The molecule has 4 N–H and O–H groups in total. The van der Waals surface area contributed by atoms with Gasteiger partial charge in [0.05, 0.1) is 11.5 Å². The number of hydrogen-bond acceptors (Lipinski definition) is 7. The van der Waals surface area contributed by atoms with Gasteiger partial charge in [0.2, 0.25) is 5.82 Å². The third-order valence-electron chi connectivity index (χ3n) is 2.12. The normalized spacial score (nSPS) is 9.65. The van der Waals surface area contributed by atoms with E-state index in [4.69, 9.17) is 5.73 Å². The molecule has 0 atom stereocenters. The van der Waals surface area contributed by atoms with Crippen LogP contribution < -0.4 is 16.4 Å². The zero-order valence-corrected chi connectivity index (χ0v) is 10.9. The monoisotopic (exact) mass is 281 g/mol. The molecule has 20 heavy (non-hydrogen) atoms. The van der Waals surface area contributed by atoms with Crippen molar-refractivity contribution < 1.29 is 14.5 Å². The van der Waals surface area contributed by atoms with Gasteiger partial charge in [0.15, 0.2) is 0 Å². The zero-order valence-electron chi connectivity index (χ0n) is 10.9. The van der Waals surface area contributed by atoms with Crippen molar-refractivity contribution >= 4 is 29.1 Å². The summed E-state index contributed by atoms with van der Waals surface area (Å²) in [4.78, 5) is 25.5. The number of ether oxygens (including phenoxy) is 1. The predicted molar refractivity (Wildman–Crippen MR) is 74.6 cm³/mol. The molecular formula is C11H15N5O4. The Kier molecular flexibility index (Phi) is 5.27. The maximum Gasteiger partial charge on any atom is 0.412 e. The van der Waals surface area contributed by atoms with E-state index in [9.17, 15) is 14.9 Å². The molecule has 1 heterocycles. The maximum atomic E-state index is 11.3. The van der Waals surface area contributed by atoms with Gasteiger partial charge in [-0.1, -0.05) is 6.08 Å². The summed E-state index contributed by atoms with van der Waals surface area (Å²) in [5.74, 6) is -0.000175. The van der Waals surface area contributed by atoms with Gasteiger partial charge in [-0.25, -0.2) is 9.78 Å². The van der Waals surface area contributed by atoms with Gasteiger partial charge in [-0.3, -0.25) is 15.4 Å². The van der Waals surface area contributed by atoms with Crippen LogP contribution in [0, 0.1) is 10.1 Å². The molecule has 0 bridgehead atoms. The van der Waals surface area contributed by atoms with Crippen LogP contribution in [-0.2, 0) is 4.74 Å². The van der Waals surface area contributed by atoms with Crippen LogP contribution in [0.4, 0.5) is 27.8 Å². The van der Waals surface area contributed by atoms with Crippen molar-refractivity contribution in [2.24, 2.45) is 0 Å². The van der Waals surface area contributed by atoms with Gasteiger partial charge in [0.1, 0.15) is 11.5 Å². The average molecular weight is 281 g/mol. The first-order chi connectivity index (χ1) is 9.49. The molecule has 0 saturated heterocycles. The third kappa shape index (κ3) is 3.83. The summed E-state index contributed by atoms with van der Waals surface area (Å²) in [6.07, 6.45) is 0.787. The van der Waals surface area contributed by atoms with Crippen molar-refractivity contribution in [3.63, 3.8) is 0 Å². The lowest BCUT2D eigenvalue weighted by molar-refractivity contribution is -0.383. The summed E-state index contributed by atoms with van der Waals surface area (Å²) in [5, 5.41) is 16.0. The Balaban J connectivity index is 3.10. The molecule has 1 amide bonds. The Morgan fingerprint density at radius 1 is 1.70 bits per heavy atom. The molecule has 9 nitrogen and oxygen atoms in total. The number of rotatable bonds is 6. The van der Waals surface area contributed by atoms with Gasteiger partial charge in [-0.2, -0.15) is 0 Å². The lowest BCUT2D eigenvalue weighted by Gasteiger charge is -2.09. The molecule has 0 aromatic carbocycles. The Morgan fingerprint density at radius 2 is 2.40 bits per heavy atom. The highest BCUT2D eigenvalue weighted by atomic mass is 16.6. The minimum absolute atomic E-state index is 0.0538. The first-order valence-corrected chi connectivity index (χ1v) is 5.73. The second-order valence-electron chi connectivity index (χ2n) is 3.57. The maximum absolute atomic E-state index is 11.3. The first kappa shape index (κ1) is 15.2. The number of nitrogens with zero attached hydrogens (tertiary/aromatic N) is 2. The molecule has 0 aliphatic rings. The number of aromatic nitrogens is 1. The van der Waals surface area contributed by atoms with E-state index in [-0.39, 0.29) is 36.2 Å². The van der Waals surface area contributed by atoms with Crippen LogP contribution in [0.1, 0.15) is 6.92 Å². The van der Waals surface area contributed by atoms with Gasteiger partial charge in [0, 0.05) is 12.6 Å². The standard InChI is InChI=1S/C11H15N5O4/c1-3-5-13-10-9(16(18)19)7(12)6-8(14-10)15-11(17)20-4-2/h3,6H,1,4-5H2,2H3,(H4,12,13,14,15,17). The largest absolute Gasteiger partial charge is 0.450 e. The topological polar surface area (TPSA) is 132 Å². The summed E-state index contributed by atoms with van der Waals surface area (Å²) in [6.45, 7) is 5.58. The molecule has 1 aromatic heterocycles. The van der Waals surface area contributed by atoms with Gasteiger partial charge in [0.25, 0.3) is 0 Å². The molecule has 9 heteroatoms. The summed E-state index contributed by atoms with van der Waals surface area (Å²) in [5.41, 5.74) is 5.12. The lowest BCUT2D eigenvalue weighted by atomic mass is 10.3. The first-order valence-electron chi connectivity index (χ1n) is 5.73. The Labute approximate surface area is 115 Å². The number of nitrogens with one attached hydrogen (secondary N) is 2. The molecule has 0 aliphatic carbocycles. The van der Waals surface area contributed by atoms with Crippen molar-refractivity contribution in [2.75, 3.05) is 29.5 Å². The molecular weight excluding hydrogens is 266 g/mol. The summed E-state index contributed by atoms with van der Waals surface area (Å²) >= 11 is 0. The van der Waals surface area contributed by atoms with Gasteiger partial charge in [-0.05, 0) is 6.92 Å². The highest BCUT2D eigenvalue weighted by Gasteiger charge is 2.21. The van der Waals surface area contributed by atoms with E-state index in [1.165, 1.54) is 12.1 Å². The van der Waals surface area contributed by atoms with E-state index in [2.05, 4.69) is 26.9 Å². The number of carbonyl (C=O) groups is 1. The second kappa shape index (κ2) is 6.92. The van der Waals surface area contributed by atoms with E-state index in [1.807, 2.05) is 0 Å². The number of hydrogen-bond donors (Lipinski definition) is 3. The molecule has 0 saturated carbocycles. The van der Waals surface area contributed by atoms with Crippen molar-refractivity contribution in [1.29, 1.82) is 0 Å². The highest BCUT2D eigenvalue weighted by Crippen LogP contribution is 2.31. The molecule has 108 valence electrons. The predicted octanol–water partition coefficient (Wildman–Crippen LogP) is 1.74. The number of nitro groups is 1.